The van der Waals surface area contributed by atoms with E-state index in [-0.39, 0.29) is 24.5 Å². The number of rotatable bonds is 6. The molecule has 2 bridgehead atoms. The number of amides is 2. The molecule has 0 aliphatic carbocycles. The predicted octanol–water partition coefficient (Wildman–Crippen LogP) is 4.16. The van der Waals surface area contributed by atoms with Crippen LogP contribution in [-0.2, 0) is 15.1 Å². The van der Waals surface area contributed by atoms with Crippen LogP contribution >= 0.6 is 11.6 Å². The molecular formula is C27H29ClFN3O4. The second-order valence-corrected chi connectivity index (χ2v) is 10.1. The number of nitrogens with one attached hydrogen (secondary N) is 2. The van der Waals surface area contributed by atoms with Crippen molar-refractivity contribution in [3.05, 3.63) is 81.8 Å². The summed E-state index contributed by atoms with van der Waals surface area (Å²) in [5.74, 6) is -0.829. The third-order valence-corrected chi connectivity index (χ3v) is 7.74. The molecule has 3 heterocycles. The highest BCUT2D eigenvalue weighted by Gasteiger charge is 2.49. The molecule has 2 amide bonds. The Morgan fingerprint density at radius 2 is 1.78 bits per heavy atom. The molecule has 5 rings (SSSR count). The summed E-state index contributed by atoms with van der Waals surface area (Å²) in [6, 6.07) is 12.1. The highest BCUT2D eigenvalue weighted by molar-refractivity contribution is 6.30. The van der Waals surface area contributed by atoms with Crippen LogP contribution in [0.2, 0.25) is 5.02 Å². The van der Waals surface area contributed by atoms with E-state index in [9.17, 15) is 19.1 Å². The Hall–Kier alpha value is -2.94. The lowest BCUT2D eigenvalue weighted by atomic mass is 9.80. The average Bonchev–Trinajstić information content (AvgIpc) is 3.08. The highest BCUT2D eigenvalue weighted by Crippen LogP contribution is 2.46. The quantitative estimate of drug-likeness (QED) is 0.504. The van der Waals surface area contributed by atoms with Crippen LogP contribution in [0.3, 0.4) is 0 Å². The van der Waals surface area contributed by atoms with Crippen LogP contribution < -0.4 is 10.6 Å². The smallest absolute Gasteiger partial charge is 0.338 e. The van der Waals surface area contributed by atoms with E-state index in [1.54, 1.807) is 43.3 Å². The predicted molar refractivity (Wildman–Crippen MR) is 133 cm³/mol. The molecular weight excluding hydrogens is 485 g/mol. The third kappa shape index (κ3) is 4.73. The number of fused-ring (bicyclic) bond motifs is 2. The first-order valence-electron chi connectivity index (χ1n) is 12.2. The van der Waals surface area contributed by atoms with Gasteiger partial charge >= 0.3 is 12.0 Å². The fourth-order valence-electron chi connectivity index (χ4n) is 5.85. The van der Waals surface area contributed by atoms with E-state index in [0.29, 0.717) is 41.2 Å². The van der Waals surface area contributed by atoms with Crippen LogP contribution in [0.25, 0.3) is 0 Å². The number of hydrogen-bond acceptors (Lipinski definition) is 5. The Labute approximate surface area is 214 Å². The first-order valence-corrected chi connectivity index (χ1v) is 12.6. The summed E-state index contributed by atoms with van der Waals surface area (Å²) in [7, 11) is 0. The number of halogens is 2. The maximum absolute atomic E-state index is 13.5. The van der Waals surface area contributed by atoms with Crippen molar-refractivity contribution >= 4 is 23.6 Å². The van der Waals surface area contributed by atoms with Gasteiger partial charge < -0.3 is 20.5 Å². The molecule has 3 aliphatic rings. The maximum Gasteiger partial charge on any atom is 0.338 e. The number of nitrogens with zero attached hydrogens (tertiary/aromatic N) is 1. The van der Waals surface area contributed by atoms with Crippen molar-refractivity contribution in [3.63, 3.8) is 0 Å². The largest absolute Gasteiger partial charge is 0.463 e. The van der Waals surface area contributed by atoms with Gasteiger partial charge in [0, 0.05) is 29.3 Å². The SMILES string of the molecule is CCOC(=O)C1=C(CN2[C@H]3CC[C@H]2CC(O)(c2ccc(F)cc2)C3)NC(=O)N[C@H]1c1ccc(Cl)cc1. The second kappa shape index (κ2) is 9.84. The van der Waals surface area contributed by atoms with Crippen molar-refractivity contribution in [2.45, 2.75) is 56.3 Å². The van der Waals surface area contributed by atoms with Gasteiger partial charge in [-0.05, 0) is 68.0 Å². The minimum absolute atomic E-state index is 0.0514. The molecule has 2 fully saturated rings. The Balaban J connectivity index is 1.45. The van der Waals surface area contributed by atoms with Gasteiger partial charge in [0.05, 0.1) is 23.8 Å². The van der Waals surface area contributed by atoms with Gasteiger partial charge in [-0.25, -0.2) is 14.0 Å². The topological polar surface area (TPSA) is 90.9 Å². The molecule has 0 aromatic heterocycles. The standard InChI is InChI=1S/C27H29ClFN3O4/c1-2-36-25(33)23-22(30-26(34)31-24(23)16-3-7-18(28)8-4-16)15-32-20-11-12-21(32)14-27(35,13-20)17-5-9-19(29)10-6-17/h3-10,20-21,24,35H,2,11-15H2,1H3,(H2,30,31,34)/t20-,21-,24-/m0/s1. The minimum atomic E-state index is -1.04. The lowest BCUT2D eigenvalue weighted by Gasteiger charge is -2.45. The fraction of sp³-hybridized carbons (Fsp3) is 0.407. The second-order valence-electron chi connectivity index (χ2n) is 9.70. The number of aliphatic hydroxyl groups is 1. The van der Waals surface area contributed by atoms with Crippen LogP contribution in [0.5, 0.6) is 0 Å². The molecule has 3 aliphatic heterocycles. The van der Waals surface area contributed by atoms with Gasteiger partial charge in [-0.2, -0.15) is 0 Å². The summed E-state index contributed by atoms with van der Waals surface area (Å²) >= 11 is 6.05. The zero-order chi connectivity index (χ0) is 25.4. The molecule has 36 heavy (non-hydrogen) atoms. The van der Waals surface area contributed by atoms with Crippen molar-refractivity contribution in [2.24, 2.45) is 0 Å². The molecule has 0 spiro atoms. The van der Waals surface area contributed by atoms with E-state index in [0.717, 1.165) is 18.4 Å². The zero-order valence-corrected chi connectivity index (χ0v) is 20.7. The van der Waals surface area contributed by atoms with Gasteiger partial charge in [0.1, 0.15) is 5.82 Å². The zero-order valence-electron chi connectivity index (χ0n) is 20.0. The highest BCUT2D eigenvalue weighted by atomic mass is 35.5. The summed E-state index contributed by atoms with van der Waals surface area (Å²) < 4.78 is 18.8. The summed E-state index contributed by atoms with van der Waals surface area (Å²) in [6.45, 7) is 2.29. The van der Waals surface area contributed by atoms with Crippen LogP contribution in [0.1, 0.15) is 49.8 Å². The van der Waals surface area contributed by atoms with Crippen LogP contribution in [0.15, 0.2) is 59.8 Å². The molecule has 0 radical (unpaired) electrons. The first-order chi connectivity index (χ1) is 17.3. The first kappa shape index (κ1) is 24.7. The lowest BCUT2D eigenvalue weighted by Crippen LogP contribution is -2.53. The van der Waals surface area contributed by atoms with E-state index < -0.39 is 23.6 Å². The lowest BCUT2D eigenvalue weighted by molar-refractivity contribution is -0.139. The summed E-state index contributed by atoms with van der Waals surface area (Å²) in [5.41, 5.74) is 1.25. The molecule has 0 unspecified atom stereocenters. The van der Waals surface area contributed by atoms with Crippen molar-refractivity contribution in [1.82, 2.24) is 15.5 Å². The van der Waals surface area contributed by atoms with E-state index in [1.165, 1.54) is 12.1 Å². The van der Waals surface area contributed by atoms with E-state index >= 15 is 0 Å². The number of carbonyl (C=O) groups excluding carboxylic acids is 2. The Morgan fingerprint density at radius 3 is 2.39 bits per heavy atom. The number of hydrogen-bond donors (Lipinski definition) is 3. The van der Waals surface area contributed by atoms with Crippen molar-refractivity contribution in [2.75, 3.05) is 13.2 Å². The van der Waals surface area contributed by atoms with Crippen LogP contribution in [0, 0.1) is 5.82 Å². The molecule has 3 N–H and O–H groups in total. The summed E-state index contributed by atoms with van der Waals surface area (Å²) in [5, 5.41) is 17.7. The van der Waals surface area contributed by atoms with Gasteiger partial charge in [-0.3, -0.25) is 4.90 Å². The number of urea groups is 1. The summed E-state index contributed by atoms with van der Waals surface area (Å²) in [6.07, 6.45) is 2.76. The molecule has 9 heteroatoms. The van der Waals surface area contributed by atoms with Gasteiger partial charge in [-0.1, -0.05) is 35.9 Å². The van der Waals surface area contributed by atoms with Gasteiger partial charge in [0.2, 0.25) is 0 Å². The monoisotopic (exact) mass is 513 g/mol. The molecule has 2 aromatic rings. The Bertz CT molecular complexity index is 1170. The third-order valence-electron chi connectivity index (χ3n) is 7.49. The van der Waals surface area contributed by atoms with Gasteiger partial charge in [-0.15, -0.1) is 0 Å². The van der Waals surface area contributed by atoms with Crippen molar-refractivity contribution < 1.29 is 23.8 Å². The van der Waals surface area contributed by atoms with Gasteiger partial charge in [0.15, 0.2) is 0 Å². The number of piperidine rings is 1. The summed E-state index contributed by atoms with van der Waals surface area (Å²) in [4.78, 5) is 28.0. The fourth-order valence-corrected chi connectivity index (χ4v) is 5.98. The van der Waals surface area contributed by atoms with Crippen molar-refractivity contribution in [1.29, 1.82) is 0 Å². The van der Waals surface area contributed by atoms with Crippen molar-refractivity contribution in [3.8, 4) is 0 Å². The Kier molecular flexibility index (Phi) is 6.76. The normalized spacial score (nSPS) is 28.0. The van der Waals surface area contributed by atoms with Crippen LogP contribution in [-0.4, -0.2) is 47.2 Å². The molecule has 3 atom stereocenters. The van der Waals surface area contributed by atoms with E-state index in [4.69, 9.17) is 16.3 Å². The number of ether oxygens (including phenoxy) is 1. The number of carbonyl (C=O) groups is 2. The molecule has 7 nitrogen and oxygen atoms in total. The maximum atomic E-state index is 13.5. The van der Waals surface area contributed by atoms with E-state index in [2.05, 4.69) is 15.5 Å². The molecule has 2 aromatic carbocycles. The molecule has 2 saturated heterocycles. The number of benzene rings is 2. The van der Waals surface area contributed by atoms with Crippen LogP contribution in [0.4, 0.5) is 9.18 Å². The Morgan fingerprint density at radius 1 is 1.14 bits per heavy atom. The average molecular weight is 514 g/mol. The minimum Gasteiger partial charge on any atom is -0.463 e. The molecule has 0 saturated carbocycles. The van der Waals surface area contributed by atoms with E-state index in [1.807, 2.05) is 0 Å². The number of esters is 1. The molecule has 190 valence electrons. The van der Waals surface area contributed by atoms with Gasteiger partial charge in [0.25, 0.3) is 0 Å².